The summed E-state index contributed by atoms with van der Waals surface area (Å²) in [6, 6.07) is 0. The number of sulfonamides is 1. The van der Waals surface area contributed by atoms with Crippen LogP contribution >= 0.6 is 0 Å². The monoisotopic (exact) mass is 423 g/mol. The first-order chi connectivity index (χ1) is 10.3. The van der Waals surface area contributed by atoms with Crippen molar-refractivity contribution in [1.82, 2.24) is 14.7 Å². The number of carbonyl (C=O) groups excluding carboxylic acids is 1. The third-order valence-electron chi connectivity index (χ3n) is 3.64. The summed E-state index contributed by atoms with van der Waals surface area (Å²) in [4.78, 5) is 13.9. The SMILES string of the molecule is [CH2-]CC.[CH2-]CN(C[CH2-])S(=O)(=O)C1(C(=O)NO)CCN(C)CC1.[Y+3]. The van der Waals surface area contributed by atoms with Crippen molar-refractivity contribution in [1.29, 1.82) is 0 Å². The maximum Gasteiger partial charge on any atom is 3.00 e. The number of hydrogen-bond donors (Lipinski definition) is 2. The summed E-state index contributed by atoms with van der Waals surface area (Å²) in [6.45, 7) is 13.5. The molecule has 7 nitrogen and oxygen atoms in total. The second-order valence-corrected chi connectivity index (χ2v) is 7.39. The van der Waals surface area contributed by atoms with Crippen LogP contribution in [-0.2, 0) is 47.5 Å². The fraction of sp³-hybridized carbons (Fsp3) is 0.714. The molecule has 1 amide bonds. The average Bonchev–Trinajstić information content (AvgIpc) is 2.49. The zero-order valence-corrected chi connectivity index (χ0v) is 17.8. The molecule has 0 unspecified atom stereocenters. The van der Waals surface area contributed by atoms with Gasteiger partial charge in [-0.15, -0.1) is 13.1 Å². The molecule has 1 saturated heterocycles. The van der Waals surface area contributed by atoms with Gasteiger partial charge >= 0.3 is 32.7 Å². The summed E-state index contributed by atoms with van der Waals surface area (Å²) in [5.74, 6) is -0.882. The smallest absolute Gasteiger partial charge is 0.344 e. The van der Waals surface area contributed by atoms with Crippen LogP contribution in [0.25, 0.3) is 0 Å². The quantitative estimate of drug-likeness (QED) is 0.382. The Hall–Kier alpha value is 0.404. The molecule has 1 heterocycles. The molecule has 1 aliphatic rings. The molecule has 0 aromatic carbocycles. The predicted octanol–water partition coefficient (Wildman–Crippen LogP) is 0.484. The molecule has 0 saturated carbocycles. The van der Waals surface area contributed by atoms with Crippen molar-refractivity contribution in [2.45, 2.75) is 30.9 Å². The molecule has 1 rings (SSSR count). The fourth-order valence-electron chi connectivity index (χ4n) is 2.28. The molecule has 9 heteroatoms. The van der Waals surface area contributed by atoms with Crippen LogP contribution in [0.1, 0.15) is 26.2 Å². The van der Waals surface area contributed by atoms with E-state index in [1.807, 2.05) is 18.9 Å². The number of nitrogens with one attached hydrogen (secondary N) is 1. The Balaban J connectivity index is 0. The number of carbonyl (C=O) groups is 1. The van der Waals surface area contributed by atoms with E-state index in [1.165, 1.54) is 5.48 Å². The van der Waals surface area contributed by atoms with Crippen molar-refractivity contribution >= 4 is 15.9 Å². The Bertz CT molecular complexity index is 433. The van der Waals surface area contributed by atoms with E-state index in [9.17, 15) is 13.2 Å². The van der Waals surface area contributed by atoms with Crippen LogP contribution in [0.5, 0.6) is 0 Å². The number of rotatable bonds is 5. The van der Waals surface area contributed by atoms with Crippen LogP contribution in [-0.4, -0.2) is 66.7 Å². The third kappa shape index (κ3) is 6.01. The van der Waals surface area contributed by atoms with Gasteiger partial charge in [-0.05, 0) is 33.0 Å². The minimum atomic E-state index is -3.91. The van der Waals surface area contributed by atoms with Crippen molar-refractivity contribution in [3.8, 4) is 0 Å². The molecule has 0 spiro atoms. The van der Waals surface area contributed by atoms with Gasteiger partial charge in [-0.2, -0.15) is 6.42 Å². The molecule has 1 aliphatic heterocycles. The van der Waals surface area contributed by atoms with E-state index in [4.69, 9.17) is 5.21 Å². The number of amides is 1. The van der Waals surface area contributed by atoms with E-state index >= 15 is 0 Å². The summed E-state index contributed by atoms with van der Waals surface area (Å²) < 4.78 is 24.7. The van der Waals surface area contributed by atoms with Crippen LogP contribution in [0.2, 0.25) is 0 Å². The first-order valence-electron chi connectivity index (χ1n) is 7.27. The molecule has 0 bridgehead atoms. The summed E-state index contributed by atoms with van der Waals surface area (Å²) in [6.07, 6.45) is 1.27. The van der Waals surface area contributed by atoms with Crippen molar-refractivity contribution in [2.24, 2.45) is 0 Å². The number of hydrogen-bond acceptors (Lipinski definition) is 5. The van der Waals surface area contributed by atoms with Crippen molar-refractivity contribution in [2.75, 3.05) is 33.2 Å². The van der Waals surface area contributed by atoms with E-state index in [0.29, 0.717) is 13.1 Å². The Kier molecular flexibility index (Phi) is 13.2. The van der Waals surface area contributed by atoms with Crippen LogP contribution in [0.4, 0.5) is 0 Å². The van der Waals surface area contributed by atoms with E-state index in [0.717, 1.165) is 10.7 Å². The van der Waals surface area contributed by atoms with Gasteiger partial charge in [-0.25, -0.2) is 13.9 Å². The van der Waals surface area contributed by atoms with E-state index < -0.39 is 20.7 Å². The predicted molar refractivity (Wildman–Crippen MR) is 86.2 cm³/mol. The topological polar surface area (TPSA) is 90.0 Å². The Morgan fingerprint density at radius 3 is 1.96 bits per heavy atom. The number of hydroxylamine groups is 1. The number of likely N-dealkylation sites (tertiary alicyclic amines) is 1. The summed E-state index contributed by atoms with van der Waals surface area (Å²) >= 11 is 0. The van der Waals surface area contributed by atoms with Gasteiger partial charge in [0, 0.05) is 0 Å². The summed E-state index contributed by atoms with van der Waals surface area (Å²) in [5.41, 5.74) is 1.50. The number of piperidine rings is 1. The molecular formula is C14H28N3O4SY. The van der Waals surface area contributed by atoms with Crippen molar-refractivity contribution < 1.29 is 51.1 Å². The molecule has 132 valence electrons. The van der Waals surface area contributed by atoms with E-state index in [2.05, 4.69) is 20.8 Å². The van der Waals surface area contributed by atoms with Gasteiger partial charge < -0.3 is 25.7 Å². The summed E-state index contributed by atoms with van der Waals surface area (Å²) in [7, 11) is -2.06. The van der Waals surface area contributed by atoms with Gasteiger partial charge in [-0.1, -0.05) is 6.92 Å². The molecule has 0 atom stereocenters. The molecule has 2 N–H and O–H groups in total. The van der Waals surface area contributed by atoms with Gasteiger partial charge in [-0.3, -0.25) is 14.3 Å². The molecule has 0 aromatic heterocycles. The molecular weight excluding hydrogens is 395 g/mol. The first kappa shape index (κ1) is 25.6. The zero-order valence-electron chi connectivity index (χ0n) is 14.1. The van der Waals surface area contributed by atoms with Crippen LogP contribution in [0.15, 0.2) is 0 Å². The first-order valence-corrected chi connectivity index (χ1v) is 8.71. The van der Waals surface area contributed by atoms with Gasteiger partial charge in [0.1, 0.15) is 0 Å². The standard InChI is InChI=1S/C11H21N3O4S.C3H7.Y/c1-4-14(5-2)19(17,18)11(10(15)12-16)6-8-13(3)9-7-11;1-3-2;/h16H,1-2,4-9H2,3H3,(H,12,15);1,3H2,2H3;/q-2;-1;+3. The number of nitrogens with zero attached hydrogens (tertiary/aromatic N) is 2. The largest absolute Gasteiger partial charge is 3.00 e. The molecule has 0 radical (unpaired) electrons. The van der Waals surface area contributed by atoms with Gasteiger partial charge in [0.25, 0.3) is 5.91 Å². The van der Waals surface area contributed by atoms with Crippen LogP contribution < -0.4 is 5.48 Å². The van der Waals surface area contributed by atoms with E-state index in [-0.39, 0.29) is 58.6 Å². The maximum atomic E-state index is 12.6. The normalized spacial score (nSPS) is 17.7. The van der Waals surface area contributed by atoms with E-state index in [1.54, 1.807) is 0 Å². The van der Waals surface area contributed by atoms with Crippen molar-refractivity contribution in [3.05, 3.63) is 20.8 Å². The molecule has 0 aliphatic carbocycles. The molecule has 1 fully saturated rings. The second-order valence-electron chi connectivity index (χ2n) is 5.14. The second kappa shape index (κ2) is 11.9. The molecule has 0 aromatic rings. The summed E-state index contributed by atoms with van der Waals surface area (Å²) in [5, 5.41) is 8.88. The Morgan fingerprint density at radius 2 is 1.65 bits per heavy atom. The maximum absolute atomic E-state index is 12.6. The minimum Gasteiger partial charge on any atom is -0.344 e. The fourth-order valence-corrected chi connectivity index (χ4v) is 4.24. The van der Waals surface area contributed by atoms with Gasteiger partial charge in [0.15, 0.2) is 4.75 Å². The average molecular weight is 423 g/mol. The Morgan fingerprint density at radius 1 is 1.26 bits per heavy atom. The van der Waals surface area contributed by atoms with Crippen molar-refractivity contribution in [3.63, 3.8) is 0 Å². The Labute approximate surface area is 166 Å². The third-order valence-corrected chi connectivity index (χ3v) is 6.27. The molecule has 23 heavy (non-hydrogen) atoms. The minimum absolute atomic E-state index is 0. The van der Waals surface area contributed by atoms with Crippen LogP contribution in [0.3, 0.4) is 0 Å². The van der Waals surface area contributed by atoms with Gasteiger partial charge in [0.05, 0.1) is 0 Å². The zero-order chi connectivity index (χ0) is 17.4. The van der Waals surface area contributed by atoms with Gasteiger partial charge in [0.2, 0.25) is 10.0 Å². The van der Waals surface area contributed by atoms with Crippen LogP contribution in [0, 0.1) is 20.8 Å².